The fourth-order valence-electron chi connectivity index (χ4n) is 4.64. The second-order valence-corrected chi connectivity index (χ2v) is 7.92. The number of aromatic nitrogens is 1. The highest BCUT2D eigenvalue weighted by molar-refractivity contribution is 6.11. The van der Waals surface area contributed by atoms with Gasteiger partial charge in [-0.25, -0.2) is 4.79 Å². The molecule has 1 aromatic heterocycles. The van der Waals surface area contributed by atoms with Crippen LogP contribution in [0.1, 0.15) is 48.7 Å². The van der Waals surface area contributed by atoms with Gasteiger partial charge in [0.2, 0.25) is 17.6 Å². The van der Waals surface area contributed by atoms with Crippen molar-refractivity contribution in [2.24, 2.45) is 11.8 Å². The van der Waals surface area contributed by atoms with Crippen LogP contribution in [0.15, 0.2) is 24.3 Å². The zero-order chi connectivity index (χ0) is 20.7. The first-order chi connectivity index (χ1) is 13.9. The van der Waals surface area contributed by atoms with E-state index in [2.05, 4.69) is 4.98 Å². The first-order valence-electron chi connectivity index (χ1n) is 10.0. The Kier molecular flexibility index (Phi) is 4.98. The molecule has 1 aliphatic carbocycles. The number of carbonyl (C=O) groups is 4. The Morgan fingerprint density at radius 2 is 1.76 bits per heavy atom. The first kappa shape index (κ1) is 19.4. The third kappa shape index (κ3) is 3.24. The van der Waals surface area contributed by atoms with E-state index in [9.17, 15) is 19.2 Å². The zero-order valence-corrected chi connectivity index (χ0v) is 16.6. The number of aromatic amines is 1. The number of amides is 2. The van der Waals surface area contributed by atoms with Crippen molar-refractivity contribution in [2.45, 2.75) is 45.6 Å². The minimum absolute atomic E-state index is 0.289. The molecular formula is C22H24N2O5. The lowest BCUT2D eigenvalue weighted by Gasteiger charge is -2.21. The maximum Gasteiger partial charge on any atom is 0.329 e. The molecule has 2 aliphatic rings. The van der Waals surface area contributed by atoms with Crippen LogP contribution in [0, 0.1) is 18.8 Å². The van der Waals surface area contributed by atoms with E-state index in [4.69, 9.17) is 4.74 Å². The zero-order valence-electron chi connectivity index (χ0n) is 16.6. The summed E-state index contributed by atoms with van der Waals surface area (Å²) in [6, 6.07) is 6.38. The molecule has 3 atom stereocenters. The number of imide groups is 1. The van der Waals surface area contributed by atoms with Gasteiger partial charge in [-0.1, -0.05) is 31.0 Å². The Morgan fingerprint density at radius 3 is 2.41 bits per heavy atom. The van der Waals surface area contributed by atoms with Gasteiger partial charge in [0.05, 0.1) is 11.8 Å². The summed E-state index contributed by atoms with van der Waals surface area (Å²) in [5.41, 5.74) is 2.03. The van der Waals surface area contributed by atoms with E-state index < -0.39 is 18.6 Å². The maximum absolute atomic E-state index is 12.7. The van der Waals surface area contributed by atoms with Crippen LogP contribution >= 0.6 is 0 Å². The third-order valence-electron chi connectivity index (χ3n) is 6.12. The summed E-state index contributed by atoms with van der Waals surface area (Å²) in [5.74, 6) is -2.28. The van der Waals surface area contributed by atoms with Gasteiger partial charge < -0.3 is 9.72 Å². The first-order valence-corrected chi connectivity index (χ1v) is 10.0. The van der Waals surface area contributed by atoms with Gasteiger partial charge in [-0.05, 0) is 32.8 Å². The van der Waals surface area contributed by atoms with Crippen LogP contribution in [0.4, 0.5) is 0 Å². The number of hydrogen-bond acceptors (Lipinski definition) is 5. The number of rotatable bonds is 5. The fourth-order valence-corrected chi connectivity index (χ4v) is 4.64. The molecule has 0 bridgehead atoms. The highest BCUT2D eigenvalue weighted by Crippen LogP contribution is 2.39. The van der Waals surface area contributed by atoms with Gasteiger partial charge in [0.25, 0.3) is 0 Å². The molecule has 1 saturated heterocycles. The van der Waals surface area contributed by atoms with Crippen LogP contribution in [0.2, 0.25) is 0 Å². The lowest BCUT2D eigenvalue weighted by Crippen LogP contribution is -2.44. The third-order valence-corrected chi connectivity index (χ3v) is 6.12. The second kappa shape index (κ2) is 7.46. The molecule has 2 amide bonds. The number of Topliss-reactive ketones (excluding diaryl/α,β-unsaturated/α-hetero) is 1. The summed E-state index contributed by atoms with van der Waals surface area (Å²) < 4.78 is 5.21. The average molecular weight is 396 g/mol. The summed E-state index contributed by atoms with van der Waals surface area (Å²) in [5, 5.41) is 0.771. The largest absolute Gasteiger partial charge is 0.456 e. The van der Waals surface area contributed by atoms with E-state index in [1.807, 2.05) is 24.3 Å². The quantitative estimate of drug-likeness (QED) is 0.476. The number of benzene rings is 1. The number of ether oxygens (including phenoxy) is 1. The number of para-hydroxylation sites is 1. The molecule has 0 radical (unpaired) electrons. The molecule has 7 heteroatoms. The van der Waals surface area contributed by atoms with Crippen molar-refractivity contribution < 1.29 is 23.9 Å². The summed E-state index contributed by atoms with van der Waals surface area (Å²) in [4.78, 5) is 54.7. The van der Waals surface area contributed by atoms with Gasteiger partial charge in [0.1, 0.15) is 6.04 Å². The van der Waals surface area contributed by atoms with Crippen LogP contribution in [0.3, 0.4) is 0 Å². The summed E-state index contributed by atoms with van der Waals surface area (Å²) in [6.07, 6.45) is 3.22. The standard InChI is InChI=1S/C22H24N2O5/c1-12-19(16-9-5-6-10-17(16)23-12)18(25)11-29-22(28)13(2)24-20(26)14-7-3-4-8-15(14)21(24)27/h5-6,9-10,13-15,23H,3-4,7-8,11H2,1-2H3/t13-,14-,15+/m0/s1. The van der Waals surface area contributed by atoms with E-state index in [1.165, 1.54) is 6.92 Å². The highest BCUT2D eigenvalue weighted by Gasteiger charge is 2.51. The molecular weight excluding hydrogens is 372 g/mol. The van der Waals surface area contributed by atoms with Crippen molar-refractivity contribution in [1.29, 1.82) is 0 Å². The number of likely N-dealkylation sites (tertiary alicyclic amines) is 1. The molecule has 29 heavy (non-hydrogen) atoms. The molecule has 2 heterocycles. The van der Waals surface area contributed by atoms with E-state index in [1.54, 1.807) is 6.92 Å². The van der Waals surface area contributed by atoms with Crippen molar-refractivity contribution >= 4 is 34.5 Å². The number of aryl methyl sites for hydroxylation is 1. The van der Waals surface area contributed by atoms with E-state index in [-0.39, 0.29) is 29.4 Å². The average Bonchev–Trinajstić information content (AvgIpc) is 3.19. The summed E-state index contributed by atoms with van der Waals surface area (Å²) in [6.45, 7) is 2.84. The number of carbonyl (C=O) groups excluding carboxylic acids is 4. The van der Waals surface area contributed by atoms with Crippen LogP contribution in [-0.2, 0) is 19.1 Å². The van der Waals surface area contributed by atoms with Gasteiger partial charge in [0, 0.05) is 22.2 Å². The molecule has 1 saturated carbocycles. The Bertz CT molecular complexity index is 984. The van der Waals surface area contributed by atoms with Crippen LogP contribution in [-0.4, -0.2) is 46.1 Å². The van der Waals surface area contributed by atoms with Gasteiger partial charge in [0.15, 0.2) is 6.61 Å². The van der Waals surface area contributed by atoms with E-state index in [0.717, 1.165) is 28.6 Å². The molecule has 2 aromatic rings. The summed E-state index contributed by atoms with van der Waals surface area (Å²) in [7, 11) is 0. The lowest BCUT2D eigenvalue weighted by molar-refractivity contribution is -0.157. The minimum Gasteiger partial charge on any atom is -0.456 e. The Labute approximate surface area is 168 Å². The molecule has 152 valence electrons. The predicted octanol–water partition coefficient (Wildman–Crippen LogP) is 2.77. The molecule has 2 fully saturated rings. The number of H-pyrrole nitrogens is 1. The van der Waals surface area contributed by atoms with Crippen LogP contribution < -0.4 is 0 Å². The maximum atomic E-state index is 12.7. The monoisotopic (exact) mass is 396 g/mol. The highest BCUT2D eigenvalue weighted by atomic mass is 16.5. The smallest absolute Gasteiger partial charge is 0.329 e. The van der Waals surface area contributed by atoms with Gasteiger partial charge in [-0.3, -0.25) is 19.3 Å². The van der Waals surface area contributed by atoms with Crippen molar-refractivity contribution in [1.82, 2.24) is 9.88 Å². The van der Waals surface area contributed by atoms with Crippen molar-refractivity contribution in [3.63, 3.8) is 0 Å². The fraction of sp³-hybridized carbons (Fsp3) is 0.455. The number of ketones is 1. The molecule has 1 aromatic carbocycles. The molecule has 0 unspecified atom stereocenters. The number of nitrogens with zero attached hydrogens (tertiary/aromatic N) is 1. The van der Waals surface area contributed by atoms with E-state index >= 15 is 0 Å². The Hall–Kier alpha value is -2.96. The minimum atomic E-state index is -1.03. The molecule has 4 rings (SSSR count). The van der Waals surface area contributed by atoms with Gasteiger partial charge in [-0.15, -0.1) is 0 Å². The van der Waals surface area contributed by atoms with Crippen molar-refractivity contribution in [3.8, 4) is 0 Å². The Balaban J connectivity index is 1.44. The second-order valence-electron chi connectivity index (χ2n) is 7.92. The van der Waals surface area contributed by atoms with Gasteiger partial charge >= 0.3 is 5.97 Å². The van der Waals surface area contributed by atoms with Crippen LogP contribution in [0.5, 0.6) is 0 Å². The summed E-state index contributed by atoms with van der Waals surface area (Å²) >= 11 is 0. The number of nitrogens with one attached hydrogen (secondary N) is 1. The molecule has 0 spiro atoms. The van der Waals surface area contributed by atoms with Crippen molar-refractivity contribution in [2.75, 3.05) is 6.61 Å². The predicted molar refractivity (Wildman–Crippen MR) is 105 cm³/mol. The number of fused-ring (bicyclic) bond motifs is 2. The van der Waals surface area contributed by atoms with Gasteiger partial charge in [-0.2, -0.15) is 0 Å². The van der Waals surface area contributed by atoms with Crippen molar-refractivity contribution in [3.05, 3.63) is 35.5 Å². The number of hydrogen-bond donors (Lipinski definition) is 1. The van der Waals surface area contributed by atoms with Crippen LogP contribution in [0.25, 0.3) is 10.9 Å². The topological polar surface area (TPSA) is 96.5 Å². The molecule has 1 N–H and O–H groups in total. The molecule has 7 nitrogen and oxygen atoms in total. The normalized spacial score (nSPS) is 22.6. The lowest BCUT2D eigenvalue weighted by atomic mass is 9.81. The van der Waals surface area contributed by atoms with E-state index in [0.29, 0.717) is 24.1 Å². The SMILES string of the molecule is Cc1[nH]c2ccccc2c1C(=O)COC(=O)[C@H](C)N1C(=O)[C@H]2CCCC[C@H]2C1=O. The molecule has 1 aliphatic heterocycles. The number of esters is 1. The Morgan fingerprint density at radius 1 is 1.14 bits per heavy atom.